The standard InChI is InChI=1S/C14H12ClFN.Y/c1-3-17-10(2)5-4-6-14(17)12-8-7-11(16)9-13(12)15;/h4-5,7-9H,2-3H2,1H3;/q-1;. The van der Waals surface area contributed by atoms with Gasteiger partial charge in [-0.2, -0.15) is 12.2 Å². The van der Waals surface area contributed by atoms with Gasteiger partial charge >= 0.3 is 0 Å². The van der Waals surface area contributed by atoms with Crippen LogP contribution >= 0.6 is 11.6 Å². The molecule has 0 spiro atoms. The van der Waals surface area contributed by atoms with Gasteiger partial charge in [0.05, 0.1) is 0 Å². The molecule has 1 aliphatic rings. The molecule has 1 nitrogen and oxygen atoms in total. The molecule has 0 unspecified atom stereocenters. The van der Waals surface area contributed by atoms with Crippen molar-refractivity contribution in [2.75, 3.05) is 6.54 Å². The molecule has 0 atom stereocenters. The van der Waals surface area contributed by atoms with Crippen LogP contribution in [0.4, 0.5) is 4.39 Å². The number of likely N-dealkylation sites (N-methyl/N-ethyl adjacent to an activating group) is 1. The van der Waals surface area contributed by atoms with E-state index in [1.807, 2.05) is 17.9 Å². The molecule has 18 heavy (non-hydrogen) atoms. The number of hydrogen-bond acceptors (Lipinski definition) is 1. The molecule has 1 heterocycles. The molecule has 91 valence electrons. The van der Waals surface area contributed by atoms with Crippen LogP contribution in [-0.4, -0.2) is 11.4 Å². The molecule has 0 bridgehead atoms. The molecule has 0 saturated heterocycles. The van der Waals surface area contributed by atoms with Crippen LogP contribution in [0.25, 0.3) is 5.70 Å². The third kappa shape index (κ3) is 3.11. The first-order valence-corrected chi connectivity index (χ1v) is 5.73. The van der Waals surface area contributed by atoms with E-state index in [0.29, 0.717) is 5.02 Å². The van der Waals surface area contributed by atoms with Gasteiger partial charge in [0.15, 0.2) is 0 Å². The van der Waals surface area contributed by atoms with E-state index in [1.165, 1.54) is 12.1 Å². The van der Waals surface area contributed by atoms with Crippen LogP contribution < -0.4 is 0 Å². The Labute approximate surface area is 137 Å². The van der Waals surface area contributed by atoms with Crippen molar-refractivity contribution >= 4 is 17.3 Å². The van der Waals surface area contributed by atoms with Crippen LogP contribution in [0.3, 0.4) is 0 Å². The van der Waals surface area contributed by atoms with Crippen LogP contribution in [0.5, 0.6) is 0 Å². The van der Waals surface area contributed by atoms with E-state index in [4.69, 9.17) is 11.6 Å². The average molecular weight is 338 g/mol. The number of nitrogens with zero attached hydrogens (tertiary/aromatic N) is 1. The topological polar surface area (TPSA) is 3.24 Å². The summed E-state index contributed by atoms with van der Waals surface area (Å²) in [5.41, 5.74) is 2.46. The smallest absolute Gasteiger partial charge is 0.122 e. The van der Waals surface area contributed by atoms with Crippen LogP contribution in [-0.2, 0) is 32.7 Å². The predicted octanol–water partition coefficient (Wildman–Crippen LogP) is 4.03. The first kappa shape index (κ1) is 15.6. The summed E-state index contributed by atoms with van der Waals surface area (Å²) >= 11 is 6.05. The first-order valence-electron chi connectivity index (χ1n) is 5.35. The Bertz CT molecular complexity index is 523. The summed E-state index contributed by atoms with van der Waals surface area (Å²) in [7, 11) is 0. The zero-order valence-corrected chi connectivity index (χ0v) is 13.7. The first-order chi connectivity index (χ1) is 8.13. The van der Waals surface area contributed by atoms with E-state index in [9.17, 15) is 4.39 Å². The third-order valence-corrected chi connectivity index (χ3v) is 2.93. The molecule has 1 aromatic rings. The normalized spacial score (nSPS) is 14.3. The minimum atomic E-state index is -0.340. The maximum Gasteiger partial charge on any atom is 0.122 e. The van der Waals surface area contributed by atoms with Crippen LogP contribution in [0.2, 0.25) is 5.02 Å². The summed E-state index contributed by atoms with van der Waals surface area (Å²) < 4.78 is 13.0. The minimum Gasteiger partial charge on any atom is -0.376 e. The molecule has 4 heteroatoms. The second-order valence-corrected chi connectivity index (χ2v) is 4.09. The Morgan fingerprint density at radius 3 is 2.78 bits per heavy atom. The Kier molecular flexibility index (Phi) is 5.77. The number of hydrogen-bond donors (Lipinski definition) is 0. The molecule has 1 radical (unpaired) electrons. The number of halogens is 2. The van der Waals surface area contributed by atoms with Crippen molar-refractivity contribution < 1.29 is 37.1 Å². The van der Waals surface area contributed by atoms with Crippen molar-refractivity contribution in [1.82, 2.24) is 4.90 Å². The fraction of sp³-hybridized carbons (Fsp3) is 0.143. The number of benzene rings is 1. The average Bonchev–Trinajstić information content (AvgIpc) is 2.29. The second kappa shape index (κ2) is 6.65. The Hall–Kier alpha value is -0.436. The van der Waals surface area contributed by atoms with Gasteiger partial charge in [0.1, 0.15) is 5.82 Å². The predicted molar refractivity (Wildman–Crippen MR) is 68.7 cm³/mol. The molecule has 0 aromatic heterocycles. The monoisotopic (exact) mass is 337 g/mol. The summed E-state index contributed by atoms with van der Waals surface area (Å²) in [6.45, 7) is 6.73. The number of allylic oxidation sites excluding steroid dienone is 3. The van der Waals surface area contributed by atoms with Gasteiger partial charge in [-0.3, -0.25) is 0 Å². The second-order valence-electron chi connectivity index (χ2n) is 3.69. The summed E-state index contributed by atoms with van der Waals surface area (Å²) in [6.07, 6.45) is 6.80. The van der Waals surface area contributed by atoms with Crippen molar-refractivity contribution in [3.63, 3.8) is 0 Å². The van der Waals surface area contributed by atoms with Gasteiger partial charge in [-0.25, -0.2) is 4.39 Å². The van der Waals surface area contributed by atoms with E-state index in [2.05, 4.69) is 12.7 Å². The van der Waals surface area contributed by atoms with Gasteiger partial charge in [0, 0.05) is 39.3 Å². The van der Waals surface area contributed by atoms with Crippen molar-refractivity contribution in [3.8, 4) is 0 Å². The van der Waals surface area contributed by atoms with Gasteiger partial charge in [-0.15, -0.1) is 12.1 Å². The molecular weight excluding hydrogens is 326 g/mol. The maximum atomic E-state index is 13.0. The van der Waals surface area contributed by atoms with Gasteiger partial charge in [0.25, 0.3) is 0 Å². The molecule has 2 rings (SSSR count). The molecule has 1 aromatic carbocycles. The largest absolute Gasteiger partial charge is 0.376 e. The molecule has 0 aliphatic carbocycles. The third-order valence-electron chi connectivity index (χ3n) is 2.61. The van der Waals surface area contributed by atoms with E-state index >= 15 is 0 Å². The summed E-state index contributed by atoms with van der Waals surface area (Å²) in [5.74, 6) is -0.340. The van der Waals surface area contributed by atoms with Crippen molar-refractivity contribution in [2.45, 2.75) is 6.92 Å². The fourth-order valence-corrected chi connectivity index (χ4v) is 2.05. The van der Waals surface area contributed by atoms with E-state index in [1.54, 1.807) is 12.1 Å². The summed E-state index contributed by atoms with van der Waals surface area (Å²) in [5, 5.41) is 0.383. The molecule has 0 N–H and O–H groups in total. The molecular formula is C14H12ClFNY-. The molecule has 0 fully saturated rings. The maximum absolute atomic E-state index is 13.0. The Balaban J connectivity index is 0.00000162. The number of rotatable bonds is 2. The van der Waals surface area contributed by atoms with E-state index in [0.717, 1.165) is 23.5 Å². The fourth-order valence-electron chi connectivity index (χ4n) is 1.79. The van der Waals surface area contributed by atoms with Crippen LogP contribution in [0.15, 0.2) is 42.6 Å². The van der Waals surface area contributed by atoms with Gasteiger partial charge in [-0.05, 0) is 29.8 Å². The molecule has 1 aliphatic heterocycles. The summed E-state index contributed by atoms with van der Waals surface area (Å²) in [4.78, 5) is 1.99. The van der Waals surface area contributed by atoms with E-state index < -0.39 is 0 Å². The SMILES string of the molecule is C=C1C=C[C-]=C(c2ccc(F)cc2Cl)N1CC.[Y]. The zero-order valence-electron chi connectivity index (χ0n) is 10.1. The van der Waals surface area contributed by atoms with Crippen molar-refractivity contribution in [2.24, 2.45) is 0 Å². The Morgan fingerprint density at radius 2 is 2.17 bits per heavy atom. The van der Waals surface area contributed by atoms with Gasteiger partial charge in [-0.1, -0.05) is 29.4 Å². The van der Waals surface area contributed by atoms with Gasteiger partial charge < -0.3 is 4.90 Å². The van der Waals surface area contributed by atoms with Crippen LogP contribution in [0.1, 0.15) is 12.5 Å². The summed E-state index contributed by atoms with van der Waals surface area (Å²) in [6, 6.07) is 4.36. The quantitative estimate of drug-likeness (QED) is 0.737. The van der Waals surface area contributed by atoms with Crippen molar-refractivity contribution in [3.05, 3.63) is 65.1 Å². The van der Waals surface area contributed by atoms with Gasteiger partial charge in [0.2, 0.25) is 0 Å². The van der Waals surface area contributed by atoms with E-state index in [-0.39, 0.29) is 38.5 Å². The van der Waals surface area contributed by atoms with Crippen molar-refractivity contribution in [1.29, 1.82) is 0 Å². The molecule has 0 saturated carbocycles. The molecule has 0 amide bonds. The minimum absolute atomic E-state index is 0. The van der Waals surface area contributed by atoms with Crippen LogP contribution in [0, 0.1) is 11.9 Å². The Morgan fingerprint density at radius 1 is 1.44 bits per heavy atom. The zero-order chi connectivity index (χ0) is 12.4.